The first-order valence-electron chi connectivity index (χ1n) is 23.0. The molecule has 0 aromatic heterocycles. The molecule has 29 nitrogen and oxygen atoms in total. The Hall–Kier alpha value is -4.61. The first-order chi connectivity index (χ1) is 34.1. The molecule has 2 aliphatic heterocycles. The predicted molar refractivity (Wildman–Crippen MR) is 268 cm³/mol. The number of aliphatic hydroxyl groups is 11. The number of likely N-dealkylation sites (N-methyl/N-ethyl adjacent to an activating group) is 2. The highest BCUT2D eigenvalue weighted by Gasteiger charge is 2.67. The molecular weight excluding hydrogens is 1080 g/mol. The Balaban J connectivity index is 0.00000416. The maximum absolute atomic E-state index is 14.4. The molecule has 32 heteroatoms. The van der Waals surface area contributed by atoms with E-state index in [0.717, 1.165) is 0 Å². The van der Waals surface area contributed by atoms with Crippen LogP contribution in [0.25, 0.3) is 5.76 Å². The number of hydrogen-bond donors (Lipinski definition) is 18. The normalized spacial score (nSPS) is 40.1. The summed E-state index contributed by atoms with van der Waals surface area (Å²) in [4.78, 5) is 64.0. The van der Waals surface area contributed by atoms with E-state index in [4.69, 9.17) is 36.1 Å². The molecule has 4 aliphatic carbocycles. The smallest absolute Gasteiger partial charge is 0.259 e. The van der Waals surface area contributed by atoms with Crippen LogP contribution in [0.15, 0.2) is 45.1 Å². The number of halogens is 3. The number of hydrogen-bond acceptors (Lipinski definition) is 24. The van der Waals surface area contributed by atoms with Crippen LogP contribution in [0.4, 0.5) is 0 Å². The average molecular weight is 1150 g/mol. The molecule has 20 unspecified atom stereocenters. The van der Waals surface area contributed by atoms with Crippen LogP contribution in [0.5, 0.6) is 5.75 Å². The predicted octanol–water partition coefficient (Wildman–Crippen LogP) is -7.03. The van der Waals surface area contributed by atoms with Crippen molar-refractivity contribution in [2.45, 2.75) is 129 Å². The van der Waals surface area contributed by atoms with E-state index < -0.39 is 191 Å². The van der Waals surface area contributed by atoms with Crippen molar-refractivity contribution in [3.63, 3.8) is 0 Å². The minimum absolute atomic E-state index is 0. The number of nitrogens with one attached hydrogen (secondary N) is 3. The Bertz CT molecular complexity index is 2490. The number of phenols is 1. The number of nitrogens with two attached hydrogens (primary N) is 3. The fraction of sp³-hybridized carbons (Fsp3) is 0.636. The highest BCUT2D eigenvalue weighted by Crippen LogP contribution is 2.57. The fourth-order valence-corrected chi connectivity index (χ4v) is 10.9. The zero-order chi connectivity index (χ0) is 54.1. The van der Waals surface area contributed by atoms with Gasteiger partial charge in [-0.25, -0.2) is 9.98 Å². The Morgan fingerprint density at radius 2 is 1.55 bits per heavy atom. The molecule has 428 valence electrons. The first-order valence-corrected chi connectivity index (χ1v) is 23.0. The third-order valence-electron chi connectivity index (χ3n) is 14.9. The van der Waals surface area contributed by atoms with Crippen molar-refractivity contribution in [1.82, 2.24) is 20.9 Å². The number of aliphatic imine (C=N–C) groups is 2. The molecule has 1 aromatic carbocycles. The summed E-state index contributed by atoms with van der Waals surface area (Å²) in [6, 6.07) is -2.11. The number of ether oxygens (including phenoxy) is 4. The van der Waals surface area contributed by atoms with Crippen molar-refractivity contribution in [3.05, 3.63) is 46.2 Å². The molecule has 7 rings (SSSR count). The number of nitrogens with zero attached hydrogens (tertiary/aromatic N) is 3. The van der Waals surface area contributed by atoms with Crippen LogP contribution in [-0.2, 0) is 43.7 Å². The highest BCUT2D eigenvalue weighted by atomic mass is 35.5. The van der Waals surface area contributed by atoms with Gasteiger partial charge < -0.3 is 113 Å². The Kier molecular flexibility index (Phi) is 20.0. The number of amides is 1. The summed E-state index contributed by atoms with van der Waals surface area (Å²) in [6.45, 7) is 0.984. The van der Waals surface area contributed by atoms with Crippen molar-refractivity contribution in [1.29, 1.82) is 0 Å². The van der Waals surface area contributed by atoms with Crippen LogP contribution in [0.2, 0.25) is 0 Å². The summed E-state index contributed by atoms with van der Waals surface area (Å²) in [5.74, 6) is -10.5. The van der Waals surface area contributed by atoms with Crippen LogP contribution in [-0.4, -0.2) is 239 Å². The number of aromatic hydroxyl groups is 1. The van der Waals surface area contributed by atoms with E-state index in [0.29, 0.717) is 0 Å². The van der Waals surface area contributed by atoms with Gasteiger partial charge in [0, 0.05) is 17.4 Å². The molecule has 1 amide bonds. The van der Waals surface area contributed by atoms with Crippen molar-refractivity contribution >= 4 is 78.7 Å². The third-order valence-corrected chi connectivity index (χ3v) is 14.9. The van der Waals surface area contributed by atoms with Gasteiger partial charge in [-0.3, -0.25) is 24.1 Å². The summed E-state index contributed by atoms with van der Waals surface area (Å²) in [6.07, 6.45) is -19.6. The number of guanidine groups is 2. The summed E-state index contributed by atoms with van der Waals surface area (Å²) >= 11 is 0. The van der Waals surface area contributed by atoms with E-state index in [1.54, 1.807) is 0 Å². The quantitative estimate of drug-likeness (QED) is 0.0378. The fourth-order valence-electron chi connectivity index (χ4n) is 10.9. The second-order valence-corrected chi connectivity index (χ2v) is 19.3. The number of benzene rings is 1. The Morgan fingerprint density at radius 3 is 2.13 bits per heavy atom. The van der Waals surface area contributed by atoms with Gasteiger partial charge in [0.15, 0.2) is 47.8 Å². The van der Waals surface area contributed by atoms with Gasteiger partial charge in [-0.2, -0.15) is 0 Å². The molecule has 0 spiro atoms. The van der Waals surface area contributed by atoms with Gasteiger partial charge in [-0.05, 0) is 53.0 Å². The van der Waals surface area contributed by atoms with Gasteiger partial charge in [-0.15, -0.1) is 37.2 Å². The van der Waals surface area contributed by atoms with Gasteiger partial charge in [0.2, 0.25) is 5.78 Å². The maximum atomic E-state index is 14.4. The topological polar surface area (TPSA) is 490 Å². The minimum atomic E-state index is -3.03. The molecule has 21 N–H and O–H groups in total. The van der Waals surface area contributed by atoms with Gasteiger partial charge in [0.25, 0.3) is 5.91 Å². The number of carbonyl (C=O) groups excluding carboxylic acids is 4. The number of aliphatic hydroxyl groups excluding tert-OH is 8. The number of fused-ring (bicyclic) bond motifs is 3. The van der Waals surface area contributed by atoms with Crippen molar-refractivity contribution in [2.24, 2.45) is 39.0 Å². The number of phenolic OH excluding ortho intramolecular Hbond substituents is 1. The molecule has 0 bridgehead atoms. The molecule has 2 heterocycles. The van der Waals surface area contributed by atoms with Crippen molar-refractivity contribution in [3.8, 4) is 5.75 Å². The lowest BCUT2D eigenvalue weighted by molar-refractivity contribution is -0.314. The minimum Gasteiger partial charge on any atom is -0.508 e. The van der Waals surface area contributed by atoms with Gasteiger partial charge in [0.05, 0.1) is 42.0 Å². The molecule has 2 saturated carbocycles. The SMILES string of the molecule is CNC1C(OC2C(OC3C(O)C(O)C(N/C(N)=N/CNC(=O)C4=C(O)C5(O)C(=O)C6=C(O)c7c(O)cccc7C(C)(O)C6CC5C(N(C)C)C4=O)C(O)C3N=C(N)N)OC(C)C2(O)C=O)OC(CO)C(O)C1O.Cl.Cl.Cl. The number of aldehydes is 1. The van der Waals surface area contributed by atoms with Gasteiger partial charge in [-0.1, -0.05) is 12.1 Å². The number of carbonyl (C=O) groups is 4. The Labute approximate surface area is 451 Å². The van der Waals surface area contributed by atoms with E-state index in [1.807, 2.05) is 0 Å². The van der Waals surface area contributed by atoms with Crippen LogP contribution < -0.4 is 33.2 Å². The van der Waals surface area contributed by atoms with E-state index in [1.165, 1.54) is 58.1 Å². The standard InChI is InChI=1S/C44H63N9O20.3ClH/c1-13-43(68,11-55)36(73-38-24(48-3)31(62)26(57)18(10-54)71-38)39(70-13)72-33-23(51-40(45)46)29(60)22(30(61)32(33)63)52-41(47)50-12-49-37(66)21-28(59)25(53(4)5)16-9-15-20(34(64)44(16,69)35(21)65)27(58)19-14(42(15,2)67)7-6-8-17(19)56;;;/h6-8,11,13,15-16,18,22-26,29-33,36,38-39,48,54,56-58,60-63,65,67-69H,9-10,12H2,1-5H3,(H,49,66)(H4,45,46,51)(H3,47,50,52);3*1H. The average Bonchev–Trinajstić information content (AvgIpc) is 3.56. The number of Topliss-reactive ketones (excluding diaryl/α,β-unsaturated/α-hetero) is 2. The summed E-state index contributed by atoms with van der Waals surface area (Å²) in [5, 5.41) is 142. The molecule has 76 heavy (non-hydrogen) atoms. The molecular formula is C44H66Cl3N9O20. The molecule has 6 aliphatic rings. The maximum Gasteiger partial charge on any atom is 0.259 e. The summed E-state index contributed by atoms with van der Waals surface area (Å²) in [7, 11) is 4.20. The van der Waals surface area contributed by atoms with E-state index in [2.05, 4.69) is 25.9 Å². The largest absolute Gasteiger partial charge is 0.508 e. The monoisotopic (exact) mass is 1150 g/mol. The molecule has 2 saturated heterocycles. The van der Waals surface area contributed by atoms with Crippen LogP contribution >= 0.6 is 37.2 Å². The highest BCUT2D eigenvalue weighted by molar-refractivity contribution is 6.25. The summed E-state index contributed by atoms with van der Waals surface area (Å²) < 4.78 is 23.3. The number of rotatable bonds is 13. The first kappa shape index (κ1) is 63.9. The van der Waals surface area contributed by atoms with E-state index in [9.17, 15) is 80.5 Å². The zero-order valence-corrected chi connectivity index (χ0v) is 43.6. The lowest BCUT2D eigenvalue weighted by Crippen LogP contribution is -2.70. The van der Waals surface area contributed by atoms with Crippen molar-refractivity contribution in [2.75, 3.05) is 34.4 Å². The Morgan fingerprint density at radius 1 is 0.921 bits per heavy atom. The third kappa shape index (κ3) is 10.4. The van der Waals surface area contributed by atoms with Crippen molar-refractivity contribution < 1.29 is 99.4 Å². The lowest BCUT2D eigenvalue weighted by Gasteiger charge is -2.53. The molecule has 0 radical (unpaired) electrons. The lowest BCUT2D eigenvalue weighted by atomic mass is 9.54. The van der Waals surface area contributed by atoms with Crippen LogP contribution in [0.1, 0.15) is 31.4 Å². The molecule has 20 atom stereocenters. The number of ketones is 2. The van der Waals surface area contributed by atoms with Crippen LogP contribution in [0, 0.1) is 11.8 Å². The summed E-state index contributed by atoms with van der Waals surface area (Å²) in [5.41, 5.74) is 8.10. The molecule has 4 fully saturated rings. The van der Waals surface area contributed by atoms with Gasteiger partial charge >= 0.3 is 0 Å². The van der Waals surface area contributed by atoms with Gasteiger partial charge in [0.1, 0.15) is 84.4 Å². The van der Waals surface area contributed by atoms with E-state index >= 15 is 0 Å². The second-order valence-electron chi connectivity index (χ2n) is 19.3. The second kappa shape index (κ2) is 23.8. The van der Waals surface area contributed by atoms with Crippen LogP contribution in [0.3, 0.4) is 0 Å². The van der Waals surface area contributed by atoms with E-state index in [-0.39, 0.29) is 61.1 Å². The zero-order valence-electron chi connectivity index (χ0n) is 41.2. The molecule has 1 aromatic rings.